The van der Waals surface area contributed by atoms with Crippen LogP contribution in [0.5, 0.6) is 0 Å². The monoisotopic (exact) mass is 386 g/mol. The molecule has 0 aliphatic rings. The molecule has 0 bridgehead atoms. The average Bonchev–Trinajstić information content (AvgIpc) is 2.91. The van der Waals surface area contributed by atoms with Crippen LogP contribution in [0.2, 0.25) is 0 Å². The maximum atomic E-state index is 3.89. The minimum atomic E-state index is 0. The number of hydrogen-bond acceptors (Lipinski definition) is 2. The molecule has 0 amide bonds. The molecule has 0 unspecified atom stereocenters. The molecular formula is C19H19BrN2S. The maximum Gasteiger partial charge on any atom is 0.339 e. The van der Waals surface area contributed by atoms with Crippen LogP contribution in [0, 0.1) is 6.92 Å². The number of thiazole rings is 1. The van der Waals surface area contributed by atoms with Gasteiger partial charge in [0.1, 0.15) is 17.9 Å². The van der Waals surface area contributed by atoms with Gasteiger partial charge < -0.3 is 17.0 Å². The van der Waals surface area contributed by atoms with Gasteiger partial charge in [-0.15, -0.1) is 0 Å². The van der Waals surface area contributed by atoms with Crippen molar-refractivity contribution < 1.29 is 21.5 Å². The summed E-state index contributed by atoms with van der Waals surface area (Å²) in [5.74, 6) is 0. The first-order valence-corrected chi connectivity index (χ1v) is 8.17. The molecule has 118 valence electrons. The molecule has 0 atom stereocenters. The SMILES string of the molecule is C=CC[n+]1c(-c2ccccc2)csc1Nc1cccc(C)c1.[Br-]. The van der Waals surface area contributed by atoms with E-state index in [2.05, 4.69) is 77.3 Å². The molecule has 23 heavy (non-hydrogen) atoms. The summed E-state index contributed by atoms with van der Waals surface area (Å²) in [6.07, 6.45) is 1.93. The molecule has 0 saturated carbocycles. The molecule has 2 aromatic carbocycles. The fraction of sp³-hybridized carbons (Fsp3) is 0.105. The third kappa shape index (κ3) is 4.09. The summed E-state index contributed by atoms with van der Waals surface area (Å²) in [6.45, 7) is 6.77. The second kappa shape index (κ2) is 8.09. The number of nitrogens with one attached hydrogen (secondary N) is 1. The number of nitrogens with zero attached hydrogens (tertiary/aromatic N) is 1. The van der Waals surface area contributed by atoms with Crippen molar-refractivity contribution in [3.05, 3.63) is 78.2 Å². The van der Waals surface area contributed by atoms with Gasteiger partial charge in [0.05, 0.1) is 0 Å². The molecule has 0 saturated heterocycles. The van der Waals surface area contributed by atoms with E-state index in [-0.39, 0.29) is 17.0 Å². The van der Waals surface area contributed by atoms with E-state index in [1.807, 2.05) is 12.1 Å². The topological polar surface area (TPSA) is 15.9 Å². The lowest BCUT2D eigenvalue weighted by molar-refractivity contribution is -0.657. The van der Waals surface area contributed by atoms with Gasteiger partial charge in [0.15, 0.2) is 0 Å². The lowest BCUT2D eigenvalue weighted by Crippen LogP contribution is -3.00. The van der Waals surface area contributed by atoms with E-state index < -0.39 is 0 Å². The Hall–Kier alpha value is -1.91. The Morgan fingerprint density at radius 3 is 2.61 bits per heavy atom. The van der Waals surface area contributed by atoms with Crippen LogP contribution in [0.1, 0.15) is 5.56 Å². The highest BCUT2D eigenvalue weighted by molar-refractivity contribution is 7.13. The molecule has 0 radical (unpaired) electrons. The number of halogens is 1. The van der Waals surface area contributed by atoms with Crippen molar-refractivity contribution in [2.24, 2.45) is 0 Å². The lowest BCUT2D eigenvalue weighted by Gasteiger charge is -2.04. The van der Waals surface area contributed by atoms with E-state index in [9.17, 15) is 0 Å². The number of aryl methyl sites for hydroxylation is 1. The van der Waals surface area contributed by atoms with Gasteiger partial charge in [-0.05, 0) is 24.6 Å². The smallest absolute Gasteiger partial charge is 0.339 e. The van der Waals surface area contributed by atoms with Gasteiger partial charge in [0.2, 0.25) is 0 Å². The van der Waals surface area contributed by atoms with Gasteiger partial charge in [0.25, 0.3) is 0 Å². The zero-order valence-electron chi connectivity index (χ0n) is 13.0. The molecule has 4 heteroatoms. The summed E-state index contributed by atoms with van der Waals surface area (Å²) in [6, 6.07) is 18.9. The minimum absolute atomic E-state index is 0. The maximum absolute atomic E-state index is 3.89. The first kappa shape index (κ1) is 17.4. The van der Waals surface area contributed by atoms with Gasteiger partial charge >= 0.3 is 5.13 Å². The molecule has 0 spiro atoms. The number of rotatable bonds is 5. The van der Waals surface area contributed by atoms with Crippen LogP contribution in [0.15, 0.2) is 72.6 Å². The van der Waals surface area contributed by atoms with Crippen LogP contribution < -0.4 is 26.9 Å². The largest absolute Gasteiger partial charge is 1.00 e. The van der Waals surface area contributed by atoms with Gasteiger partial charge in [-0.25, -0.2) is 9.88 Å². The van der Waals surface area contributed by atoms with Gasteiger partial charge in [0, 0.05) is 10.9 Å². The summed E-state index contributed by atoms with van der Waals surface area (Å²) >= 11 is 1.72. The number of allylic oxidation sites excluding steroid dienone is 1. The van der Waals surface area contributed by atoms with Crippen molar-refractivity contribution in [3.63, 3.8) is 0 Å². The van der Waals surface area contributed by atoms with Gasteiger partial charge in [-0.1, -0.05) is 66.5 Å². The highest BCUT2D eigenvalue weighted by Gasteiger charge is 2.18. The number of aromatic nitrogens is 1. The normalized spacial score (nSPS) is 9.96. The van der Waals surface area contributed by atoms with Crippen LogP contribution in [-0.2, 0) is 6.54 Å². The summed E-state index contributed by atoms with van der Waals surface area (Å²) in [4.78, 5) is 0. The Balaban J connectivity index is 0.00000192. The first-order chi connectivity index (χ1) is 10.8. The molecule has 0 fully saturated rings. The van der Waals surface area contributed by atoms with Crippen molar-refractivity contribution >= 4 is 22.2 Å². The second-order valence-corrected chi connectivity index (χ2v) is 6.04. The summed E-state index contributed by atoms with van der Waals surface area (Å²) in [7, 11) is 0. The Morgan fingerprint density at radius 1 is 1.13 bits per heavy atom. The highest BCUT2D eigenvalue weighted by atomic mass is 79.9. The fourth-order valence-corrected chi connectivity index (χ4v) is 3.40. The van der Waals surface area contributed by atoms with Crippen molar-refractivity contribution in [2.75, 3.05) is 5.32 Å². The van der Waals surface area contributed by atoms with Crippen molar-refractivity contribution in [3.8, 4) is 11.3 Å². The number of anilines is 2. The Morgan fingerprint density at radius 2 is 1.91 bits per heavy atom. The van der Waals surface area contributed by atoms with Crippen LogP contribution in [0.3, 0.4) is 0 Å². The molecular weight excluding hydrogens is 368 g/mol. The quantitative estimate of drug-likeness (QED) is 0.523. The molecule has 1 aromatic heterocycles. The summed E-state index contributed by atoms with van der Waals surface area (Å²) < 4.78 is 2.26. The number of hydrogen-bond donors (Lipinski definition) is 1. The minimum Gasteiger partial charge on any atom is -1.00 e. The standard InChI is InChI=1S/C19H18N2S.BrH/c1-3-12-21-18(16-9-5-4-6-10-16)14-22-19(21)20-17-11-7-8-15(2)13-17;/h3-11,13-14H,1,12H2,2H3;1H. The predicted octanol–water partition coefficient (Wildman–Crippen LogP) is 1.94. The van der Waals surface area contributed by atoms with Crippen molar-refractivity contribution in [2.45, 2.75) is 13.5 Å². The van der Waals surface area contributed by atoms with E-state index in [1.165, 1.54) is 16.8 Å². The van der Waals surface area contributed by atoms with Crippen LogP contribution >= 0.6 is 11.3 Å². The molecule has 2 nitrogen and oxygen atoms in total. The van der Waals surface area contributed by atoms with Crippen molar-refractivity contribution in [1.82, 2.24) is 0 Å². The van der Waals surface area contributed by atoms with Crippen LogP contribution in [0.25, 0.3) is 11.3 Å². The fourth-order valence-electron chi connectivity index (χ4n) is 2.43. The van der Waals surface area contributed by atoms with Crippen LogP contribution in [-0.4, -0.2) is 0 Å². The molecule has 3 aromatic rings. The first-order valence-electron chi connectivity index (χ1n) is 7.29. The van der Waals surface area contributed by atoms with E-state index in [0.717, 1.165) is 17.4 Å². The zero-order valence-corrected chi connectivity index (χ0v) is 15.4. The summed E-state index contributed by atoms with van der Waals surface area (Å²) in [5.41, 5.74) is 4.79. The third-order valence-electron chi connectivity index (χ3n) is 3.47. The zero-order chi connectivity index (χ0) is 15.4. The van der Waals surface area contributed by atoms with E-state index >= 15 is 0 Å². The highest BCUT2D eigenvalue weighted by Crippen LogP contribution is 2.25. The van der Waals surface area contributed by atoms with Crippen molar-refractivity contribution in [1.29, 1.82) is 0 Å². The molecule has 3 rings (SSSR count). The predicted molar refractivity (Wildman–Crippen MR) is 94.6 cm³/mol. The molecule has 0 aliphatic carbocycles. The third-order valence-corrected chi connectivity index (χ3v) is 4.36. The van der Waals surface area contributed by atoms with E-state index in [0.29, 0.717) is 0 Å². The Kier molecular flexibility index (Phi) is 6.13. The molecule has 1 N–H and O–H groups in total. The van der Waals surface area contributed by atoms with E-state index in [4.69, 9.17) is 0 Å². The average molecular weight is 387 g/mol. The van der Waals surface area contributed by atoms with Crippen LogP contribution in [0.4, 0.5) is 10.8 Å². The number of benzene rings is 2. The van der Waals surface area contributed by atoms with Gasteiger partial charge in [-0.2, -0.15) is 0 Å². The Bertz CT molecular complexity index is 781. The summed E-state index contributed by atoms with van der Waals surface area (Å²) in [5, 5.41) is 6.83. The molecule has 1 heterocycles. The lowest BCUT2D eigenvalue weighted by atomic mass is 10.2. The second-order valence-electron chi connectivity index (χ2n) is 5.19. The Labute approximate surface area is 151 Å². The van der Waals surface area contributed by atoms with Gasteiger partial charge in [-0.3, -0.25) is 0 Å². The molecule has 0 aliphatic heterocycles. The van der Waals surface area contributed by atoms with E-state index in [1.54, 1.807) is 11.3 Å².